The third kappa shape index (κ3) is 1.90. The molecule has 0 unspecified atom stereocenters. The fourth-order valence-electron chi connectivity index (χ4n) is 1.36. The summed E-state index contributed by atoms with van der Waals surface area (Å²) in [5, 5.41) is 18.6. The zero-order valence-corrected chi connectivity index (χ0v) is 6.60. The van der Waals surface area contributed by atoms with E-state index < -0.39 is 18.3 Å². The molecule has 0 spiro atoms. The number of hydrogen-bond acceptors (Lipinski definition) is 4. The Balaban J connectivity index is 2.51. The first-order valence-corrected chi connectivity index (χ1v) is 3.86. The predicted molar refractivity (Wildman–Crippen MR) is 40.0 cm³/mol. The Labute approximate surface area is 66.0 Å². The van der Waals surface area contributed by atoms with Crippen LogP contribution in [0.15, 0.2) is 0 Å². The molecule has 66 valence electrons. The van der Waals surface area contributed by atoms with Crippen molar-refractivity contribution in [1.29, 1.82) is 0 Å². The van der Waals surface area contributed by atoms with Gasteiger partial charge in [0, 0.05) is 13.0 Å². The summed E-state index contributed by atoms with van der Waals surface area (Å²) >= 11 is 0. The van der Waals surface area contributed by atoms with Crippen molar-refractivity contribution in [1.82, 2.24) is 0 Å². The van der Waals surface area contributed by atoms with E-state index in [9.17, 15) is 10.2 Å². The van der Waals surface area contributed by atoms with Gasteiger partial charge in [0.2, 0.25) is 0 Å². The van der Waals surface area contributed by atoms with Crippen molar-refractivity contribution in [3.8, 4) is 0 Å². The monoisotopic (exact) mass is 161 g/mol. The standard InChI is InChI=1S/C7H15NO3/c1-4-2-5(9)7(10)6(3-8)11-4/h4-7,9-10H,2-3,8H2,1H3/t4-,5-,6+,7-/m1/s1. The molecule has 4 nitrogen and oxygen atoms in total. The number of nitrogens with two attached hydrogens (primary N) is 1. The van der Waals surface area contributed by atoms with E-state index in [4.69, 9.17) is 10.5 Å². The van der Waals surface area contributed by atoms with E-state index in [1.807, 2.05) is 6.92 Å². The smallest absolute Gasteiger partial charge is 0.107 e. The Kier molecular flexibility index (Phi) is 2.84. The Hall–Kier alpha value is -0.160. The van der Waals surface area contributed by atoms with Crippen LogP contribution in [-0.4, -0.2) is 41.2 Å². The van der Waals surface area contributed by atoms with Gasteiger partial charge in [-0.3, -0.25) is 0 Å². The van der Waals surface area contributed by atoms with Crippen LogP contribution in [0.5, 0.6) is 0 Å². The van der Waals surface area contributed by atoms with Gasteiger partial charge < -0.3 is 20.7 Å². The second-order valence-corrected chi connectivity index (χ2v) is 3.01. The van der Waals surface area contributed by atoms with Crippen LogP contribution in [0.4, 0.5) is 0 Å². The van der Waals surface area contributed by atoms with Crippen molar-refractivity contribution in [3.63, 3.8) is 0 Å². The van der Waals surface area contributed by atoms with Gasteiger partial charge in [0.25, 0.3) is 0 Å². The molecule has 0 amide bonds. The number of aliphatic hydroxyl groups is 2. The zero-order chi connectivity index (χ0) is 8.43. The van der Waals surface area contributed by atoms with Gasteiger partial charge in [-0.1, -0.05) is 0 Å². The average Bonchev–Trinajstić information content (AvgIpc) is 1.96. The minimum atomic E-state index is -0.823. The van der Waals surface area contributed by atoms with Crippen LogP contribution in [0.25, 0.3) is 0 Å². The lowest BCUT2D eigenvalue weighted by molar-refractivity contribution is -0.159. The predicted octanol–water partition coefficient (Wildman–Crippen LogP) is -1.16. The summed E-state index contributed by atoms with van der Waals surface area (Å²) in [6, 6.07) is 0. The van der Waals surface area contributed by atoms with Crippen LogP contribution < -0.4 is 5.73 Å². The molecule has 0 aliphatic carbocycles. The molecule has 0 saturated carbocycles. The zero-order valence-electron chi connectivity index (χ0n) is 6.60. The first-order chi connectivity index (χ1) is 5.15. The van der Waals surface area contributed by atoms with Crippen molar-refractivity contribution in [2.75, 3.05) is 6.54 Å². The van der Waals surface area contributed by atoms with E-state index in [2.05, 4.69) is 0 Å². The van der Waals surface area contributed by atoms with Gasteiger partial charge in [0.05, 0.1) is 18.3 Å². The largest absolute Gasteiger partial charge is 0.390 e. The Morgan fingerprint density at radius 3 is 2.73 bits per heavy atom. The van der Waals surface area contributed by atoms with Crippen molar-refractivity contribution in [3.05, 3.63) is 0 Å². The van der Waals surface area contributed by atoms with E-state index in [0.29, 0.717) is 6.42 Å². The minimum absolute atomic E-state index is 0.0121. The van der Waals surface area contributed by atoms with Crippen LogP contribution in [0.2, 0.25) is 0 Å². The molecule has 1 saturated heterocycles. The highest BCUT2D eigenvalue weighted by atomic mass is 16.5. The summed E-state index contributed by atoms with van der Waals surface area (Å²) in [7, 11) is 0. The van der Waals surface area contributed by atoms with Gasteiger partial charge >= 0.3 is 0 Å². The molecule has 0 bridgehead atoms. The third-order valence-corrected chi connectivity index (χ3v) is 1.99. The highest BCUT2D eigenvalue weighted by Crippen LogP contribution is 2.18. The number of ether oxygens (including phenoxy) is 1. The summed E-state index contributed by atoms with van der Waals surface area (Å²) in [6.07, 6.45) is -1.45. The number of hydrogen-bond donors (Lipinski definition) is 3. The lowest BCUT2D eigenvalue weighted by Gasteiger charge is -2.35. The molecule has 0 aromatic rings. The lowest BCUT2D eigenvalue weighted by Crippen LogP contribution is -2.50. The van der Waals surface area contributed by atoms with Gasteiger partial charge in [0.1, 0.15) is 6.10 Å². The molecule has 0 aromatic carbocycles. The molecule has 1 heterocycles. The second kappa shape index (κ2) is 3.49. The molecule has 4 N–H and O–H groups in total. The summed E-state index contributed by atoms with van der Waals surface area (Å²) in [5.41, 5.74) is 5.32. The summed E-state index contributed by atoms with van der Waals surface area (Å²) in [6.45, 7) is 2.11. The normalized spacial score (nSPS) is 45.8. The fourth-order valence-corrected chi connectivity index (χ4v) is 1.36. The van der Waals surface area contributed by atoms with Gasteiger partial charge in [-0.25, -0.2) is 0 Å². The van der Waals surface area contributed by atoms with E-state index in [-0.39, 0.29) is 12.6 Å². The first kappa shape index (κ1) is 8.93. The number of rotatable bonds is 1. The van der Waals surface area contributed by atoms with Crippen molar-refractivity contribution < 1.29 is 14.9 Å². The molecular formula is C7H15NO3. The molecule has 4 heteroatoms. The van der Waals surface area contributed by atoms with Gasteiger partial charge in [-0.05, 0) is 6.92 Å². The molecule has 0 radical (unpaired) electrons. The highest BCUT2D eigenvalue weighted by Gasteiger charge is 2.33. The van der Waals surface area contributed by atoms with Gasteiger partial charge in [-0.15, -0.1) is 0 Å². The van der Waals surface area contributed by atoms with Crippen LogP contribution in [0.1, 0.15) is 13.3 Å². The molecule has 1 aliphatic heterocycles. The van der Waals surface area contributed by atoms with E-state index in [1.54, 1.807) is 0 Å². The number of aliphatic hydroxyl groups excluding tert-OH is 2. The molecule has 0 aromatic heterocycles. The first-order valence-electron chi connectivity index (χ1n) is 3.86. The van der Waals surface area contributed by atoms with E-state index in [0.717, 1.165) is 0 Å². The van der Waals surface area contributed by atoms with Crippen LogP contribution in [0.3, 0.4) is 0 Å². The van der Waals surface area contributed by atoms with Crippen molar-refractivity contribution >= 4 is 0 Å². The second-order valence-electron chi connectivity index (χ2n) is 3.01. The third-order valence-electron chi connectivity index (χ3n) is 1.99. The summed E-state index contributed by atoms with van der Waals surface area (Å²) in [5.74, 6) is 0. The molecular weight excluding hydrogens is 146 g/mol. The van der Waals surface area contributed by atoms with Crippen molar-refractivity contribution in [2.24, 2.45) is 5.73 Å². The van der Waals surface area contributed by atoms with Gasteiger partial charge in [-0.2, -0.15) is 0 Å². The summed E-state index contributed by atoms with van der Waals surface area (Å²) < 4.78 is 5.28. The molecule has 1 aliphatic rings. The topological polar surface area (TPSA) is 75.7 Å². The lowest BCUT2D eigenvalue weighted by atomic mass is 9.99. The van der Waals surface area contributed by atoms with Crippen LogP contribution >= 0.6 is 0 Å². The highest BCUT2D eigenvalue weighted by molar-refractivity contribution is 4.84. The van der Waals surface area contributed by atoms with E-state index >= 15 is 0 Å². The maximum atomic E-state index is 9.30. The average molecular weight is 161 g/mol. The Bertz CT molecular complexity index is 131. The van der Waals surface area contributed by atoms with E-state index in [1.165, 1.54) is 0 Å². The fraction of sp³-hybridized carbons (Fsp3) is 1.00. The Morgan fingerprint density at radius 1 is 1.55 bits per heavy atom. The molecule has 1 rings (SSSR count). The molecule has 4 atom stereocenters. The maximum absolute atomic E-state index is 9.30. The summed E-state index contributed by atoms with van der Waals surface area (Å²) in [4.78, 5) is 0. The SMILES string of the molecule is C[C@@H]1C[C@@H](O)[C@@H](O)[C@H](CN)O1. The van der Waals surface area contributed by atoms with Gasteiger partial charge in [0.15, 0.2) is 0 Å². The minimum Gasteiger partial charge on any atom is -0.390 e. The maximum Gasteiger partial charge on any atom is 0.107 e. The quantitative estimate of drug-likeness (QED) is 0.453. The van der Waals surface area contributed by atoms with Crippen LogP contribution in [0, 0.1) is 0 Å². The molecule has 1 fully saturated rings. The van der Waals surface area contributed by atoms with Crippen LogP contribution in [-0.2, 0) is 4.74 Å². The van der Waals surface area contributed by atoms with Crippen molar-refractivity contribution in [2.45, 2.75) is 37.8 Å². The molecule has 11 heavy (non-hydrogen) atoms. The Morgan fingerprint density at radius 2 is 2.18 bits per heavy atom.